The van der Waals surface area contributed by atoms with Crippen molar-refractivity contribution in [1.29, 1.82) is 0 Å². The van der Waals surface area contributed by atoms with Gasteiger partial charge in [-0.2, -0.15) is 0 Å². The van der Waals surface area contributed by atoms with Gasteiger partial charge in [-0.25, -0.2) is 0 Å². The minimum Gasteiger partial charge on any atom is -0.264 e. The summed E-state index contributed by atoms with van der Waals surface area (Å²) in [5.41, 5.74) is 4.61. The first kappa shape index (κ1) is 11.8. The second-order valence-corrected chi connectivity index (χ2v) is 4.31. The molecular formula is C15H18N2. The Balaban J connectivity index is 2.31. The van der Waals surface area contributed by atoms with Crippen molar-refractivity contribution >= 4 is 0 Å². The van der Waals surface area contributed by atoms with Crippen molar-refractivity contribution in [2.24, 2.45) is 0 Å². The highest BCUT2D eigenvalue weighted by molar-refractivity contribution is 5.58. The fraction of sp³-hybridized carbons (Fsp3) is 0.333. The lowest BCUT2D eigenvalue weighted by molar-refractivity contribution is 0.772. The Bertz CT molecular complexity index is 478. The summed E-state index contributed by atoms with van der Waals surface area (Å²) < 4.78 is 0. The third kappa shape index (κ3) is 2.90. The minimum atomic E-state index is 1.02. The van der Waals surface area contributed by atoms with E-state index in [-0.39, 0.29) is 0 Å². The first-order valence-electron chi connectivity index (χ1n) is 6.18. The standard InChI is InChI=1S/C15H18N2/c1-3-4-7-14-12(2)8-9-15(17-14)13-6-5-10-16-11-13/h5-6,8-11H,3-4,7H2,1-2H3. The number of pyridine rings is 2. The van der Waals surface area contributed by atoms with Gasteiger partial charge in [-0.1, -0.05) is 19.4 Å². The number of hydrogen-bond acceptors (Lipinski definition) is 2. The lowest BCUT2D eigenvalue weighted by Crippen LogP contribution is -1.96. The Labute approximate surface area is 103 Å². The molecule has 2 rings (SSSR count). The van der Waals surface area contributed by atoms with Crippen LogP contribution in [-0.2, 0) is 6.42 Å². The van der Waals surface area contributed by atoms with Crippen molar-refractivity contribution < 1.29 is 0 Å². The van der Waals surface area contributed by atoms with Gasteiger partial charge in [0.15, 0.2) is 0 Å². The van der Waals surface area contributed by atoms with Gasteiger partial charge in [-0.05, 0) is 43.5 Å². The number of unbranched alkanes of at least 4 members (excludes halogenated alkanes) is 1. The van der Waals surface area contributed by atoms with Gasteiger partial charge in [-0.15, -0.1) is 0 Å². The van der Waals surface area contributed by atoms with Crippen LogP contribution in [0.2, 0.25) is 0 Å². The van der Waals surface area contributed by atoms with Gasteiger partial charge in [0, 0.05) is 23.7 Å². The maximum atomic E-state index is 4.74. The van der Waals surface area contributed by atoms with E-state index < -0.39 is 0 Å². The first-order chi connectivity index (χ1) is 8.31. The summed E-state index contributed by atoms with van der Waals surface area (Å²) in [6.07, 6.45) is 7.12. The Morgan fingerprint density at radius 3 is 2.76 bits per heavy atom. The molecule has 2 heteroatoms. The molecule has 0 atom stereocenters. The van der Waals surface area contributed by atoms with Gasteiger partial charge in [0.05, 0.1) is 5.69 Å². The maximum absolute atomic E-state index is 4.74. The van der Waals surface area contributed by atoms with Crippen LogP contribution in [0, 0.1) is 6.92 Å². The largest absolute Gasteiger partial charge is 0.264 e. The molecule has 0 aliphatic rings. The molecule has 0 saturated heterocycles. The normalized spacial score (nSPS) is 10.5. The summed E-state index contributed by atoms with van der Waals surface area (Å²) in [5.74, 6) is 0. The first-order valence-corrected chi connectivity index (χ1v) is 6.18. The number of aryl methyl sites for hydroxylation is 2. The molecule has 0 N–H and O–H groups in total. The van der Waals surface area contributed by atoms with Crippen LogP contribution in [-0.4, -0.2) is 9.97 Å². The van der Waals surface area contributed by atoms with Gasteiger partial charge in [0.2, 0.25) is 0 Å². The van der Waals surface area contributed by atoms with E-state index in [9.17, 15) is 0 Å². The molecule has 2 nitrogen and oxygen atoms in total. The van der Waals surface area contributed by atoms with Crippen molar-refractivity contribution in [3.63, 3.8) is 0 Å². The van der Waals surface area contributed by atoms with Crippen molar-refractivity contribution in [1.82, 2.24) is 9.97 Å². The highest BCUT2D eigenvalue weighted by Gasteiger charge is 2.04. The van der Waals surface area contributed by atoms with Crippen molar-refractivity contribution in [3.05, 3.63) is 47.9 Å². The van der Waals surface area contributed by atoms with Crippen LogP contribution in [0.25, 0.3) is 11.3 Å². The molecule has 0 aliphatic heterocycles. The van der Waals surface area contributed by atoms with Gasteiger partial charge in [-0.3, -0.25) is 9.97 Å². The molecule has 0 fully saturated rings. The van der Waals surface area contributed by atoms with E-state index in [1.54, 1.807) is 6.20 Å². The van der Waals surface area contributed by atoms with Crippen molar-refractivity contribution in [2.45, 2.75) is 33.1 Å². The molecule has 17 heavy (non-hydrogen) atoms. The fourth-order valence-corrected chi connectivity index (χ4v) is 1.84. The van der Waals surface area contributed by atoms with Crippen LogP contribution in [0.1, 0.15) is 31.0 Å². The van der Waals surface area contributed by atoms with Crippen LogP contribution in [0.15, 0.2) is 36.7 Å². The predicted molar refractivity (Wildman–Crippen MR) is 70.8 cm³/mol. The van der Waals surface area contributed by atoms with Crippen LogP contribution in [0.5, 0.6) is 0 Å². The summed E-state index contributed by atoms with van der Waals surface area (Å²) in [4.78, 5) is 8.88. The zero-order valence-electron chi connectivity index (χ0n) is 10.5. The number of nitrogens with zero attached hydrogens (tertiary/aromatic N) is 2. The SMILES string of the molecule is CCCCc1nc(-c2cccnc2)ccc1C. The van der Waals surface area contributed by atoms with E-state index in [0.29, 0.717) is 0 Å². The van der Waals surface area contributed by atoms with Crippen LogP contribution < -0.4 is 0 Å². The molecule has 2 aromatic rings. The Morgan fingerprint density at radius 1 is 1.18 bits per heavy atom. The van der Waals surface area contributed by atoms with E-state index in [4.69, 9.17) is 4.98 Å². The lowest BCUT2D eigenvalue weighted by Gasteiger charge is -2.07. The molecule has 0 aliphatic carbocycles. The molecule has 0 unspecified atom stereocenters. The van der Waals surface area contributed by atoms with Crippen molar-refractivity contribution in [2.75, 3.05) is 0 Å². The average molecular weight is 226 g/mol. The highest BCUT2D eigenvalue weighted by atomic mass is 14.7. The molecule has 0 bridgehead atoms. The zero-order chi connectivity index (χ0) is 12.1. The summed E-state index contributed by atoms with van der Waals surface area (Å²) in [6.45, 7) is 4.34. The number of rotatable bonds is 4. The van der Waals surface area contributed by atoms with E-state index in [1.165, 1.54) is 24.1 Å². The van der Waals surface area contributed by atoms with Crippen molar-refractivity contribution in [3.8, 4) is 11.3 Å². The third-order valence-electron chi connectivity index (χ3n) is 2.93. The third-order valence-corrected chi connectivity index (χ3v) is 2.93. The quantitative estimate of drug-likeness (QED) is 0.792. The molecular weight excluding hydrogens is 208 g/mol. The topological polar surface area (TPSA) is 25.8 Å². The second kappa shape index (κ2) is 5.58. The molecule has 88 valence electrons. The van der Waals surface area contributed by atoms with Gasteiger partial charge < -0.3 is 0 Å². The molecule has 0 radical (unpaired) electrons. The average Bonchev–Trinajstić information content (AvgIpc) is 2.39. The Kier molecular flexibility index (Phi) is 3.86. The smallest absolute Gasteiger partial charge is 0.0720 e. The molecule has 0 saturated carbocycles. The van der Waals surface area contributed by atoms with E-state index in [1.807, 2.05) is 18.3 Å². The summed E-state index contributed by atoms with van der Waals surface area (Å²) in [7, 11) is 0. The van der Waals surface area contributed by atoms with Gasteiger partial charge in [0.25, 0.3) is 0 Å². The second-order valence-electron chi connectivity index (χ2n) is 4.31. The monoisotopic (exact) mass is 226 g/mol. The predicted octanol–water partition coefficient (Wildman–Crippen LogP) is 3.79. The fourth-order valence-electron chi connectivity index (χ4n) is 1.84. The van der Waals surface area contributed by atoms with Crippen LogP contribution in [0.3, 0.4) is 0 Å². The lowest BCUT2D eigenvalue weighted by atomic mass is 10.1. The zero-order valence-corrected chi connectivity index (χ0v) is 10.5. The maximum Gasteiger partial charge on any atom is 0.0720 e. The summed E-state index contributed by atoms with van der Waals surface area (Å²) >= 11 is 0. The minimum absolute atomic E-state index is 1.02. The summed E-state index contributed by atoms with van der Waals surface area (Å²) in [5, 5.41) is 0. The molecule has 2 aromatic heterocycles. The summed E-state index contributed by atoms with van der Waals surface area (Å²) in [6, 6.07) is 8.22. The number of aromatic nitrogens is 2. The molecule has 0 aromatic carbocycles. The van der Waals surface area contributed by atoms with E-state index in [2.05, 4.69) is 31.0 Å². The molecule has 0 spiro atoms. The van der Waals surface area contributed by atoms with Gasteiger partial charge in [0.1, 0.15) is 0 Å². The van der Waals surface area contributed by atoms with E-state index >= 15 is 0 Å². The molecule has 2 heterocycles. The Morgan fingerprint density at radius 2 is 2.06 bits per heavy atom. The highest BCUT2D eigenvalue weighted by Crippen LogP contribution is 2.18. The number of hydrogen-bond donors (Lipinski definition) is 0. The van der Waals surface area contributed by atoms with Crippen LogP contribution >= 0.6 is 0 Å². The Hall–Kier alpha value is -1.70. The van der Waals surface area contributed by atoms with Gasteiger partial charge >= 0.3 is 0 Å². The van der Waals surface area contributed by atoms with E-state index in [0.717, 1.165) is 17.7 Å². The molecule has 0 amide bonds. The van der Waals surface area contributed by atoms with Crippen LogP contribution in [0.4, 0.5) is 0 Å².